The van der Waals surface area contributed by atoms with E-state index in [0.717, 1.165) is 37.8 Å². The van der Waals surface area contributed by atoms with E-state index in [9.17, 15) is 9.59 Å². The van der Waals surface area contributed by atoms with Crippen molar-refractivity contribution in [3.8, 4) is 0 Å². The molecule has 0 aliphatic carbocycles. The lowest BCUT2D eigenvalue weighted by atomic mass is 9.85. The number of nitrogens with zero attached hydrogens (tertiary/aromatic N) is 2. The lowest BCUT2D eigenvalue weighted by Crippen LogP contribution is -2.61. The van der Waals surface area contributed by atoms with Crippen LogP contribution in [0.25, 0.3) is 0 Å². The van der Waals surface area contributed by atoms with E-state index in [2.05, 4.69) is 0 Å². The van der Waals surface area contributed by atoms with E-state index in [1.54, 1.807) is 4.90 Å². The summed E-state index contributed by atoms with van der Waals surface area (Å²) in [5, 5.41) is 0. The fourth-order valence-corrected chi connectivity index (χ4v) is 4.01. The number of benzene rings is 1. The predicted octanol–water partition coefficient (Wildman–Crippen LogP) is 2.21. The summed E-state index contributed by atoms with van der Waals surface area (Å²) >= 11 is 0. The Hall–Kier alpha value is -1.88. The number of carbonyl (C=O) groups excluding carboxylic acids is 2. The fraction of sp³-hybridized carbons (Fsp3) is 0.579. The molecule has 1 spiro atoms. The Morgan fingerprint density at radius 2 is 1.88 bits per heavy atom. The highest BCUT2D eigenvalue weighted by Crippen LogP contribution is 2.38. The monoisotopic (exact) mass is 330 g/mol. The Labute approximate surface area is 143 Å². The van der Waals surface area contributed by atoms with Crippen molar-refractivity contribution in [3.05, 3.63) is 35.9 Å². The molecule has 0 saturated carbocycles. The van der Waals surface area contributed by atoms with Gasteiger partial charge >= 0.3 is 0 Å². The summed E-state index contributed by atoms with van der Waals surface area (Å²) in [5.41, 5.74) is 0.495. The SMILES string of the molecule is CCOCC(=O)N1CCCC12CCCN(Cc1ccccc1)C2=O. The first kappa shape index (κ1) is 17.0. The molecule has 3 rings (SSSR count). The lowest BCUT2D eigenvalue weighted by Gasteiger charge is -2.44. The largest absolute Gasteiger partial charge is 0.372 e. The van der Waals surface area contributed by atoms with Crippen molar-refractivity contribution < 1.29 is 14.3 Å². The second kappa shape index (κ2) is 7.34. The summed E-state index contributed by atoms with van der Waals surface area (Å²) in [7, 11) is 0. The first-order chi connectivity index (χ1) is 11.7. The van der Waals surface area contributed by atoms with Crippen LogP contribution in [0.4, 0.5) is 0 Å². The van der Waals surface area contributed by atoms with Crippen LogP contribution < -0.4 is 0 Å². The summed E-state index contributed by atoms with van der Waals surface area (Å²) in [5.74, 6) is 0.0595. The van der Waals surface area contributed by atoms with Gasteiger partial charge in [-0.3, -0.25) is 9.59 Å². The topological polar surface area (TPSA) is 49.9 Å². The van der Waals surface area contributed by atoms with E-state index in [0.29, 0.717) is 19.7 Å². The van der Waals surface area contributed by atoms with Crippen molar-refractivity contribution >= 4 is 11.8 Å². The van der Waals surface area contributed by atoms with Crippen molar-refractivity contribution in [1.82, 2.24) is 9.80 Å². The molecule has 2 saturated heterocycles. The van der Waals surface area contributed by atoms with Crippen LogP contribution in [-0.4, -0.2) is 53.5 Å². The molecule has 5 heteroatoms. The molecule has 0 aromatic heterocycles. The normalized spacial score (nSPS) is 24.0. The number of carbonyl (C=O) groups is 2. The van der Waals surface area contributed by atoms with Gasteiger partial charge in [0.1, 0.15) is 12.1 Å². The quantitative estimate of drug-likeness (QED) is 0.832. The maximum absolute atomic E-state index is 13.2. The maximum Gasteiger partial charge on any atom is 0.249 e. The average molecular weight is 330 g/mol. The summed E-state index contributed by atoms with van der Waals surface area (Å²) < 4.78 is 5.28. The highest BCUT2D eigenvalue weighted by atomic mass is 16.5. The molecular weight excluding hydrogens is 304 g/mol. The molecule has 130 valence electrons. The maximum atomic E-state index is 13.2. The standard InChI is InChI=1S/C19H26N2O3/c1-2-24-15-17(22)21-13-7-11-19(21)10-6-12-20(18(19)23)14-16-8-4-3-5-9-16/h3-5,8-9H,2,6-7,10-15H2,1H3. The van der Waals surface area contributed by atoms with E-state index < -0.39 is 5.54 Å². The third-order valence-electron chi connectivity index (χ3n) is 5.14. The molecule has 2 aliphatic heterocycles. The third-order valence-corrected chi connectivity index (χ3v) is 5.14. The van der Waals surface area contributed by atoms with E-state index in [1.165, 1.54) is 0 Å². The predicted molar refractivity (Wildman–Crippen MR) is 91.3 cm³/mol. The lowest BCUT2D eigenvalue weighted by molar-refractivity contribution is -0.157. The average Bonchev–Trinajstić information content (AvgIpc) is 3.02. The Morgan fingerprint density at radius 3 is 2.58 bits per heavy atom. The van der Waals surface area contributed by atoms with Crippen molar-refractivity contribution in [2.24, 2.45) is 0 Å². The number of amides is 2. The minimum atomic E-state index is -0.638. The van der Waals surface area contributed by atoms with Gasteiger partial charge in [-0.25, -0.2) is 0 Å². The molecule has 1 aromatic rings. The molecule has 0 bridgehead atoms. The number of hydrogen-bond acceptors (Lipinski definition) is 3. The Balaban J connectivity index is 1.76. The molecule has 2 aliphatic rings. The van der Waals surface area contributed by atoms with Gasteiger partial charge in [0.05, 0.1) is 0 Å². The molecule has 1 aromatic carbocycles. The van der Waals surface area contributed by atoms with Crippen LogP contribution in [0.3, 0.4) is 0 Å². The summed E-state index contributed by atoms with van der Waals surface area (Å²) in [6, 6.07) is 10.1. The third kappa shape index (κ3) is 3.18. The van der Waals surface area contributed by atoms with Gasteiger partial charge in [0.2, 0.25) is 11.8 Å². The van der Waals surface area contributed by atoms with Gasteiger partial charge in [-0.05, 0) is 38.2 Å². The molecule has 0 radical (unpaired) electrons. The van der Waals surface area contributed by atoms with Crippen LogP contribution in [0.15, 0.2) is 30.3 Å². The summed E-state index contributed by atoms with van der Waals surface area (Å²) in [4.78, 5) is 29.5. The molecule has 2 amide bonds. The Kier molecular flexibility index (Phi) is 5.19. The number of rotatable bonds is 5. The zero-order valence-corrected chi connectivity index (χ0v) is 14.4. The highest BCUT2D eigenvalue weighted by molar-refractivity contribution is 5.93. The van der Waals surface area contributed by atoms with E-state index in [-0.39, 0.29) is 18.4 Å². The minimum Gasteiger partial charge on any atom is -0.372 e. The smallest absolute Gasteiger partial charge is 0.249 e. The summed E-state index contributed by atoms with van der Waals surface area (Å²) in [6.07, 6.45) is 3.38. The van der Waals surface area contributed by atoms with Gasteiger partial charge in [-0.2, -0.15) is 0 Å². The molecule has 1 atom stereocenters. The Bertz CT molecular complexity index is 590. The molecule has 0 N–H and O–H groups in total. The van der Waals surface area contributed by atoms with Crippen LogP contribution in [0, 0.1) is 0 Å². The van der Waals surface area contributed by atoms with Gasteiger partial charge < -0.3 is 14.5 Å². The van der Waals surface area contributed by atoms with E-state index >= 15 is 0 Å². The molecule has 1 unspecified atom stereocenters. The van der Waals surface area contributed by atoms with Crippen molar-refractivity contribution in [1.29, 1.82) is 0 Å². The number of hydrogen-bond donors (Lipinski definition) is 0. The zero-order chi connectivity index (χ0) is 17.0. The minimum absolute atomic E-state index is 0.0516. The molecule has 2 heterocycles. The zero-order valence-electron chi connectivity index (χ0n) is 14.4. The van der Waals surface area contributed by atoms with Gasteiger partial charge in [0.15, 0.2) is 0 Å². The first-order valence-corrected chi connectivity index (χ1v) is 8.89. The van der Waals surface area contributed by atoms with Crippen LogP contribution in [0.1, 0.15) is 38.2 Å². The summed E-state index contributed by atoms with van der Waals surface area (Å²) in [6.45, 7) is 4.51. The van der Waals surface area contributed by atoms with Crippen LogP contribution >= 0.6 is 0 Å². The van der Waals surface area contributed by atoms with E-state index in [4.69, 9.17) is 4.74 Å². The van der Waals surface area contributed by atoms with Crippen molar-refractivity contribution in [2.75, 3.05) is 26.3 Å². The van der Waals surface area contributed by atoms with Crippen molar-refractivity contribution in [2.45, 2.75) is 44.7 Å². The second-order valence-electron chi connectivity index (χ2n) is 6.63. The van der Waals surface area contributed by atoms with Gasteiger partial charge in [0.25, 0.3) is 0 Å². The molecular formula is C19H26N2O3. The number of likely N-dealkylation sites (tertiary alicyclic amines) is 2. The second-order valence-corrected chi connectivity index (χ2v) is 6.63. The number of ether oxygens (including phenoxy) is 1. The van der Waals surface area contributed by atoms with Crippen molar-refractivity contribution in [3.63, 3.8) is 0 Å². The Morgan fingerprint density at radius 1 is 1.17 bits per heavy atom. The van der Waals surface area contributed by atoms with Crippen LogP contribution in [0.5, 0.6) is 0 Å². The van der Waals surface area contributed by atoms with Gasteiger partial charge in [-0.1, -0.05) is 30.3 Å². The highest BCUT2D eigenvalue weighted by Gasteiger charge is 2.52. The van der Waals surface area contributed by atoms with E-state index in [1.807, 2.05) is 42.2 Å². The molecule has 24 heavy (non-hydrogen) atoms. The van der Waals surface area contributed by atoms with Gasteiger partial charge in [-0.15, -0.1) is 0 Å². The van der Waals surface area contributed by atoms with Gasteiger partial charge in [0, 0.05) is 26.2 Å². The fourth-order valence-electron chi connectivity index (χ4n) is 4.01. The van der Waals surface area contributed by atoms with Crippen LogP contribution in [-0.2, 0) is 20.9 Å². The first-order valence-electron chi connectivity index (χ1n) is 8.89. The molecule has 2 fully saturated rings. The number of piperidine rings is 1. The van der Waals surface area contributed by atoms with Crippen LogP contribution in [0.2, 0.25) is 0 Å². The molecule has 5 nitrogen and oxygen atoms in total.